The molecular formula is C21H24N4O3. The third-order valence-electron chi connectivity index (χ3n) is 4.56. The van der Waals surface area contributed by atoms with Crippen LogP contribution in [0.1, 0.15) is 30.5 Å². The van der Waals surface area contributed by atoms with Gasteiger partial charge in [-0.05, 0) is 30.5 Å². The number of benzene rings is 2. The van der Waals surface area contributed by atoms with Crippen LogP contribution in [0.15, 0.2) is 54.6 Å². The number of hydrogen-bond donors (Lipinski definition) is 3. The van der Waals surface area contributed by atoms with Gasteiger partial charge in [0.2, 0.25) is 0 Å². The Bertz CT molecular complexity index is 863. The van der Waals surface area contributed by atoms with Crippen molar-refractivity contribution in [3.05, 3.63) is 71.3 Å². The molecule has 0 unspecified atom stereocenters. The van der Waals surface area contributed by atoms with Gasteiger partial charge in [-0.15, -0.1) is 0 Å². The first-order valence-corrected chi connectivity index (χ1v) is 9.13. The van der Waals surface area contributed by atoms with E-state index >= 15 is 0 Å². The monoisotopic (exact) mass is 380 g/mol. The number of nitrogens with one attached hydrogen (secondary N) is 3. The predicted octanol–water partition coefficient (Wildman–Crippen LogP) is 2.52. The maximum atomic E-state index is 12.2. The molecule has 28 heavy (non-hydrogen) atoms. The minimum absolute atomic E-state index is 0.222. The van der Waals surface area contributed by atoms with E-state index in [1.54, 1.807) is 13.8 Å². The van der Waals surface area contributed by atoms with Gasteiger partial charge in [-0.1, -0.05) is 54.6 Å². The highest BCUT2D eigenvalue weighted by Crippen LogP contribution is 2.19. The van der Waals surface area contributed by atoms with Crippen molar-refractivity contribution in [2.75, 3.05) is 0 Å². The Balaban J connectivity index is 1.47. The smallest absolute Gasteiger partial charge is 0.325 e. The van der Waals surface area contributed by atoms with Gasteiger partial charge in [-0.25, -0.2) is 9.59 Å². The van der Waals surface area contributed by atoms with Gasteiger partial charge >= 0.3 is 12.1 Å². The molecule has 7 heteroatoms. The zero-order valence-corrected chi connectivity index (χ0v) is 16.0. The summed E-state index contributed by atoms with van der Waals surface area (Å²) >= 11 is 0. The SMILES string of the molecule is CC1(C)NC(=O)N(Cc2ccc(CNC(=O)NCc3ccccc3)cc2)C1=O. The quantitative estimate of drug-likeness (QED) is 0.673. The fraction of sp³-hybridized carbons (Fsp3) is 0.286. The van der Waals surface area contributed by atoms with E-state index in [-0.39, 0.29) is 24.5 Å². The summed E-state index contributed by atoms with van der Waals surface area (Å²) in [5.74, 6) is -0.238. The van der Waals surface area contributed by atoms with Crippen LogP contribution < -0.4 is 16.0 Å². The molecule has 7 nitrogen and oxygen atoms in total. The van der Waals surface area contributed by atoms with Crippen LogP contribution in [0.25, 0.3) is 0 Å². The molecule has 2 aromatic carbocycles. The fourth-order valence-corrected chi connectivity index (χ4v) is 2.93. The van der Waals surface area contributed by atoms with E-state index in [9.17, 15) is 14.4 Å². The molecular weight excluding hydrogens is 356 g/mol. The average molecular weight is 380 g/mol. The molecule has 0 spiro atoms. The maximum Gasteiger partial charge on any atom is 0.325 e. The lowest BCUT2D eigenvalue weighted by Crippen LogP contribution is -2.40. The molecule has 0 radical (unpaired) electrons. The molecule has 0 atom stereocenters. The Morgan fingerprint density at radius 1 is 0.893 bits per heavy atom. The van der Waals surface area contributed by atoms with Crippen LogP contribution in [0.4, 0.5) is 9.59 Å². The minimum atomic E-state index is -0.867. The molecule has 1 aliphatic rings. The van der Waals surface area contributed by atoms with Gasteiger partial charge in [-0.2, -0.15) is 0 Å². The molecule has 0 saturated carbocycles. The molecule has 1 aliphatic heterocycles. The van der Waals surface area contributed by atoms with Crippen molar-refractivity contribution in [3.63, 3.8) is 0 Å². The number of carbonyl (C=O) groups excluding carboxylic acids is 3. The number of nitrogens with zero attached hydrogens (tertiary/aromatic N) is 1. The molecule has 0 aliphatic carbocycles. The van der Waals surface area contributed by atoms with E-state index < -0.39 is 5.54 Å². The van der Waals surface area contributed by atoms with Gasteiger partial charge in [0.1, 0.15) is 5.54 Å². The summed E-state index contributed by atoms with van der Waals surface area (Å²) < 4.78 is 0. The number of rotatable bonds is 6. The van der Waals surface area contributed by atoms with Gasteiger partial charge in [-0.3, -0.25) is 9.69 Å². The first-order chi connectivity index (χ1) is 13.3. The largest absolute Gasteiger partial charge is 0.334 e. The molecule has 0 aromatic heterocycles. The molecule has 0 bridgehead atoms. The number of imide groups is 1. The van der Waals surface area contributed by atoms with E-state index in [0.29, 0.717) is 13.1 Å². The number of urea groups is 2. The van der Waals surface area contributed by atoms with Crippen molar-refractivity contribution < 1.29 is 14.4 Å². The van der Waals surface area contributed by atoms with E-state index in [2.05, 4.69) is 16.0 Å². The Labute approximate surface area is 164 Å². The Kier molecular flexibility index (Phi) is 5.63. The molecule has 3 N–H and O–H groups in total. The zero-order chi connectivity index (χ0) is 20.1. The minimum Gasteiger partial charge on any atom is -0.334 e. The third-order valence-corrected chi connectivity index (χ3v) is 4.56. The molecule has 3 rings (SSSR count). The first-order valence-electron chi connectivity index (χ1n) is 9.13. The first kappa shape index (κ1) is 19.4. The van der Waals surface area contributed by atoms with Crippen LogP contribution in [0.2, 0.25) is 0 Å². The summed E-state index contributed by atoms with van der Waals surface area (Å²) in [7, 11) is 0. The Morgan fingerprint density at radius 2 is 1.43 bits per heavy atom. The molecule has 1 fully saturated rings. The number of amides is 5. The van der Waals surface area contributed by atoms with Gasteiger partial charge in [0.15, 0.2) is 0 Å². The van der Waals surface area contributed by atoms with Crippen LogP contribution in [0, 0.1) is 0 Å². The van der Waals surface area contributed by atoms with Crippen LogP contribution in [0.3, 0.4) is 0 Å². The second-order valence-electron chi connectivity index (χ2n) is 7.28. The highest BCUT2D eigenvalue weighted by Gasteiger charge is 2.43. The van der Waals surface area contributed by atoms with Gasteiger partial charge in [0.25, 0.3) is 5.91 Å². The van der Waals surface area contributed by atoms with Crippen molar-refractivity contribution >= 4 is 18.0 Å². The van der Waals surface area contributed by atoms with E-state index in [4.69, 9.17) is 0 Å². The number of carbonyl (C=O) groups is 3. The second-order valence-corrected chi connectivity index (χ2v) is 7.28. The maximum absolute atomic E-state index is 12.2. The van der Waals surface area contributed by atoms with E-state index in [1.165, 1.54) is 4.90 Å². The second kappa shape index (κ2) is 8.12. The Hall–Kier alpha value is -3.35. The topological polar surface area (TPSA) is 90.5 Å². The third kappa shape index (κ3) is 4.68. The Morgan fingerprint density at radius 3 is 1.96 bits per heavy atom. The molecule has 2 aromatic rings. The fourth-order valence-electron chi connectivity index (χ4n) is 2.93. The van der Waals surface area contributed by atoms with Crippen molar-refractivity contribution in [1.82, 2.24) is 20.9 Å². The van der Waals surface area contributed by atoms with Crippen LogP contribution in [0.5, 0.6) is 0 Å². The molecule has 1 heterocycles. The highest BCUT2D eigenvalue weighted by atomic mass is 16.2. The van der Waals surface area contributed by atoms with Crippen LogP contribution in [-0.2, 0) is 24.4 Å². The number of hydrogen-bond acceptors (Lipinski definition) is 3. The summed E-state index contributed by atoms with van der Waals surface area (Å²) in [4.78, 5) is 37.3. The van der Waals surface area contributed by atoms with E-state index in [1.807, 2.05) is 54.6 Å². The van der Waals surface area contributed by atoms with Crippen molar-refractivity contribution in [1.29, 1.82) is 0 Å². The summed E-state index contributed by atoms with van der Waals surface area (Å²) in [6.45, 7) is 4.44. The summed E-state index contributed by atoms with van der Waals surface area (Å²) in [5, 5.41) is 8.28. The van der Waals surface area contributed by atoms with Gasteiger partial charge in [0.05, 0.1) is 6.54 Å². The lowest BCUT2D eigenvalue weighted by molar-refractivity contribution is -0.130. The molecule has 1 saturated heterocycles. The van der Waals surface area contributed by atoms with E-state index in [0.717, 1.165) is 16.7 Å². The summed E-state index contributed by atoms with van der Waals surface area (Å²) in [5.41, 5.74) is 1.94. The zero-order valence-electron chi connectivity index (χ0n) is 16.0. The highest BCUT2D eigenvalue weighted by molar-refractivity contribution is 6.06. The van der Waals surface area contributed by atoms with Crippen molar-refractivity contribution in [2.45, 2.75) is 39.0 Å². The van der Waals surface area contributed by atoms with Crippen molar-refractivity contribution in [3.8, 4) is 0 Å². The summed E-state index contributed by atoms with van der Waals surface area (Å²) in [6.07, 6.45) is 0. The van der Waals surface area contributed by atoms with Gasteiger partial charge in [0, 0.05) is 13.1 Å². The van der Waals surface area contributed by atoms with Crippen molar-refractivity contribution in [2.24, 2.45) is 0 Å². The molecule has 5 amide bonds. The van der Waals surface area contributed by atoms with Crippen LogP contribution >= 0.6 is 0 Å². The standard InChI is InChI=1S/C21H24N4O3/c1-21(2)18(26)25(20(28)24-21)14-17-10-8-16(9-11-17)13-23-19(27)22-12-15-6-4-3-5-7-15/h3-11H,12-14H2,1-2H3,(H,24,28)(H2,22,23,27). The summed E-state index contributed by atoms with van der Waals surface area (Å²) in [6, 6.07) is 16.5. The lowest BCUT2D eigenvalue weighted by Gasteiger charge is -2.16. The van der Waals surface area contributed by atoms with Crippen LogP contribution in [-0.4, -0.2) is 28.4 Å². The average Bonchev–Trinajstić information content (AvgIpc) is 2.88. The van der Waals surface area contributed by atoms with Gasteiger partial charge < -0.3 is 16.0 Å². The normalized spacial score (nSPS) is 15.3. The molecule has 146 valence electrons. The lowest BCUT2D eigenvalue weighted by atomic mass is 10.1. The predicted molar refractivity (Wildman–Crippen MR) is 105 cm³/mol.